The van der Waals surface area contributed by atoms with Crippen molar-refractivity contribution < 1.29 is 14.6 Å². The number of carbonyl (C=O) groups excluding carboxylic acids is 1. The van der Waals surface area contributed by atoms with Crippen LogP contribution in [0.25, 0.3) is 10.9 Å². The largest absolute Gasteiger partial charge is 0.493 e. The molecule has 0 bridgehead atoms. The zero-order valence-corrected chi connectivity index (χ0v) is 16.7. The van der Waals surface area contributed by atoms with Crippen LogP contribution in [-0.2, 0) is 11.3 Å². The average Bonchev–Trinajstić information content (AvgIpc) is 3.23. The molecule has 2 N–H and O–H groups in total. The molecule has 1 saturated heterocycles. The average molecular weight is 391 g/mol. The van der Waals surface area contributed by atoms with Gasteiger partial charge in [0.15, 0.2) is 0 Å². The normalized spacial score (nSPS) is 13.8. The van der Waals surface area contributed by atoms with E-state index in [-0.39, 0.29) is 11.8 Å². The molecule has 6 nitrogen and oxygen atoms in total. The number of hydrogen-bond donors (Lipinski definition) is 2. The van der Waals surface area contributed by atoms with Crippen LogP contribution in [0.5, 0.6) is 5.88 Å². The van der Waals surface area contributed by atoms with Crippen molar-refractivity contribution in [1.29, 1.82) is 0 Å². The Labute approximate surface area is 170 Å². The zero-order chi connectivity index (χ0) is 20.4. The Kier molecular flexibility index (Phi) is 5.36. The molecule has 2 heterocycles. The number of aryl methyl sites for hydroxylation is 1. The van der Waals surface area contributed by atoms with Gasteiger partial charge in [0.2, 0.25) is 5.88 Å². The summed E-state index contributed by atoms with van der Waals surface area (Å²) in [6.07, 6.45) is 2.29. The molecule has 4 rings (SSSR count). The number of aromatic hydroxyl groups is 1. The maximum absolute atomic E-state index is 13.2. The molecule has 0 aliphatic carbocycles. The molecule has 0 radical (unpaired) electrons. The first-order chi connectivity index (χ1) is 14.0. The summed E-state index contributed by atoms with van der Waals surface area (Å²) in [7, 11) is 1.65. The number of aromatic nitrogens is 1. The van der Waals surface area contributed by atoms with Crippen molar-refractivity contribution in [3.05, 3.63) is 59.2 Å². The fourth-order valence-electron chi connectivity index (χ4n) is 3.91. The van der Waals surface area contributed by atoms with Gasteiger partial charge in [-0.15, -0.1) is 0 Å². The molecular weight excluding hydrogens is 366 g/mol. The van der Waals surface area contributed by atoms with E-state index >= 15 is 0 Å². The predicted octanol–water partition coefficient (Wildman–Crippen LogP) is 4.25. The Balaban J connectivity index is 1.66. The van der Waals surface area contributed by atoms with Crippen LogP contribution in [0.2, 0.25) is 0 Å². The van der Waals surface area contributed by atoms with Gasteiger partial charge in [-0.05, 0) is 61.2 Å². The molecule has 0 atom stereocenters. The van der Waals surface area contributed by atoms with Gasteiger partial charge in [0, 0.05) is 43.0 Å². The minimum absolute atomic E-state index is 0.00278. The number of pyridine rings is 1. The number of ether oxygens (including phenoxy) is 1. The minimum atomic E-state index is -0.145. The van der Waals surface area contributed by atoms with Crippen molar-refractivity contribution in [2.45, 2.75) is 26.4 Å². The van der Waals surface area contributed by atoms with Gasteiger partial charge < -0.3 is 20.1 Å². The highest BCUT2D eigenvalue weighted by molar-refractivity contribution is 6.09. The SMILES string of the molecule is COCc1ccc(N2CCCC2)c(C(=O)Nc2ccc3nc(O)cc(C)c3c2)c1. The lowest BCUT2D eigenvalue weighted by Crippen LogP contribution is -2.23. The minimum Gasteiger partial charge on any atom is -0.493 e. The van der Waals surface area contributed by atoms with Crippen LogP contribution in [-0.4, -0.2) is 36.2 Å². The van der Waals surface area contributed by atoms with Crippen LogP contribution in [0.3, 0.4) is 0 Å². The molecular formula is C23H25N3O3. The fraction of sp³-hybridized carbons (Fsp3) is 0.304. The van der Waals surface area contributed by atoms with Crippen molar-refractivity contribution in [3.63, 3.8) is 0 Å². The van der Waals surface area contributed by atoms with E-state index in [4.69, 9.17) is 4.74 Å². The first kappa shape index (κ1) is 19.2. The second kappa shape index (κ2) is 8.09. The molecule has 0 spiro atoms. The molecule has 1 fully saturated rings. The summed E-state index contributed by atoms with van der Waals surface area (Å²) < 4.78 is 5.24. The van der Waals surface area contributed by atoms with Crippen molar-refractivity contribution in [2.75, 3.05) is 30.4 Å². The van der Waals surface area contributed by atoms with Gasteiger partial charge in [-0.1, -0.05) is 6.07 Å². The molecule has 150 valence electrons. The molecule has 2 aromatic carbocycles. The number of hydrogen-bond acceptors (Lipinski definition) is 5. The Morgan fingerprint density at radius 3 is 2.72 bits per heavy atom. The lowest BCUT2D eigenvalue weighted by molar-refractivity contribution is 0.102. The Morgan fingerprint density at radius 2 is 1.97 bits per heavy atom. The molecule has 0 unspecified atom stereocenters. The van der Waals surface area contributed by atoms with E-state index in [0.29, 0.717) is 23.4 Å². The highest BCUT2D eigenvalue weighted by Crippen LogP contribution is 2.28. The van der Waals surface area contributed by atoms with Gasteiger partial charge >= 0.3 is 0 Å². The molecule has 3 aromatic rings. The van der Waals surface area contributed by atoms with E-state index in [9.17, 15) is 9.90 Å². The van der Waals surface area contributed by atoms with Gasteiger partial charge in [0.1, 0.15) is 0 Å². The number of methoxy groups -OCH3 is 1. The summed E-state index contributed by atoms with van der Waals surface area (Å²) in [5.74, 6) is -0.148. The number of rotatable bonds is 5. The number of carbonyl (C=O) groups is 1. The Hall–Kier alpha value is -3.12. The van der Waals surface area contributed by atoms with Crippen molar-refractivity contribution in [1.82, 2.24) is 4.98 Å². The van der Waals surface area contributed by atoms with E-state index in [0.717, 1.165) is 48.1 Å². The Morgan fingerprint density at radius 1 is 1.17 bits per heavy atom. The summed E-state index contributed by atoms with van der Waals surface area (Å²) >= 11 is 0. The smallest absolute Gasteiger partial charge is 0.257 e. The van der Waals surface area contributed by atoms with Crippen LogP contribution in [0.1, 0.15) is 34.3 Å². The van der Waals surface area contributed by atoms with Crippen LogP contribution in [0.15, 0.2) is 42.5 Å². The van der Waals surface area contributed by atoms with Crippen molar-refractivity contribution >= 4 is 28.2 Å². The highest BCUT2D eigenvalue weighted by Gasteiger charge is 2.20. The quantitative estimate of drug-likeness (QED) is 0.680. The fourth-order valence-corrected chi connectivity index (χ4v) is 3.91. The predicted molar refractivity (Wildman–Crippen MR) is 115 cm³/mol. The second-order valence-electron chi connectivity index (χ2n) is 7.46. The Bertz CT molecular complexity index is 1060. The standard InChI is InChI=1S/C23H25N3O3/c1-15-11-22(27)25-20-7-6-17(13-18(15)20)24-23(28)19-12-16(14-29-2)5-8-21(19)26-9-3-4-10-26/h5-8,11-13H,3-4,9-10,14H2,1-2H3,(H,24,28)(H,25,27). The van der Waals surface area contributed by atoms with Gasteiger partial charge in [0.05, 0.1) is 17.7 Å². The second-order valence-corrected chi connectivity index (χ2v) is 7.46. The van der Waals surface area contributed by atoms with Crippen molar-refractivity contribution in [3.8, 4) is 5.88 Å². The zero-order valence-electron chi connectivity index (χ0n) is 16.7. The topological polar surface area (TPSA) is 74.7 Å². The summed E-state index contributed by atoms with van der Waals surface area (Å²) in [6, 6.07) is 13.1. The number of nitrogens with zero attached hydrogens (tertiary/aromatic N) is 2. The molecule has 1 aliphatic rings. The van der Waals surface area contributed by atoms with Crippen LogP contribution in [0.4, 0.5) is 11.4 Å². The van der Waals surface area contributed by atoms with Crippen molar-refractivity contribution in [2.24, 2.45) is 0 Å². The lowest BCUT2D eigenvalue weighted by Gasteiger charge is -2.22. The molecule has 6 heteroatoms. The molecule has 1 aliphatic heterocycles. The number of anilines is 2. The molecule has 1 amide bonds. The summed E-state index contributed by atoms with van der Waals surface area (Å²) in [4.78, 5) is 19.6. The van der Waals surface area contributed by atoms with Gasteiger partial charge in [0.25, 0.3) is 5.91 Å². The van der Waals surface area contributed by atoms with E-state index in [1.165, 1.54) is 0 Å². The lowest BCUT2D eigenvalue weighted by atomic mass is 10.1. The summed E-state index contributed by atoms with van der Waals surface area (Å²) in [5.41, 5.74) is 4.88. The number of nitrogens with one attached hydrogen (secondary N) is 1. The summed E-state index contributed by atoms with van der Waals surface area (Å²) in [6.45, 7) is 4.31. The van der Waals surface area contributed by atoms with E-state index in [1.54, 1.807) is 25.3 Å². The van der Waals surface area contributed by atoms with E-state index in [1.807, 2.05) is 31.2 Å². The third-order valence-electron chi connectivity index (χ3n) is 5.32. The number of fused-ring (bicyclic) bond motifs is 1. The van der Waals surface area contributed by atoms with Crippen LogP contribution < -0.4 is 10.2 Å². The van der Waals surface area contributed by atoms with E-state index in [2.05, 4.69) is 15.2 Å². The van der Waals surface area contributed by atoms with E-state index < -0.39 is 0 Å². The third-order valence-corrected chi connectivity index (χ3v) is 5.32. The molecule has 29 heavy (non-hydrogen) atoms. The maximum atomic E-state index is 13.2. The molecule has 1 aromatic heterocycles. The van der Waals surface area contributed by atoms with Gasteiger partial charge in [-0.25, -0.2) is 4.98 Å². The van der Waals surface area contributed by atoms with Gasteiger partial charge in [-0.2, -0.15) is 0 Å². The highest BCUT2D eigenvalue weighted by atomic mass is 16.5. The molecule has 0 saturated carbocycles. The first-order valence-electron chi connectivity index (χ1n) is 9.83. The monoisotopic (exact) mass is 391 g/mol. The van der Waals surface area contributed by atoms with Crippen LogP contribution in [0, 0.1) is 6.92 Å². The van der Waals surface area contributed by atoms with Gasteiger partial charge in [-0.3, -0.25) is 4.79 Å². The number of benzene rings is 2. The maximum Gasteiger partial charge on any atom is 0.257 e. The number of amides is 1. The third kappa shape index (κ3) is 4.03. The summed E-state index contributed by atoms with van der Waals surface area (Å²) in [5, 5.41) is 13.6. The van der Waals surface area contributed by atoms with Crippen LogP contribution >= 0.6 is 0 Å². The first-order valence-corrected chi connectivity index (χ1v) is 9.83.